The molecule has 0 heterocycles. The van der Waals surface area contributed by atoms with Crippen molar-refractivity contribution in [2.75, 3.05) is 27.8 Å². The van der Waals surface area contributed by atoms with Gasteiger partial charge in [-0.3, -0.25) is 4.99 Å². The molecule has 0 amide bonds. The van der Waals surface area contributed by atoms with Crippen LogP contribution in [0.15, 0.2) is 47.5 Å². The van der Waals surface area contributed by atoms with Crippen molar-refractivity contribution >= 4 is 5.96 Å². The molecule has 2 rings (SSSR count). The highest BCUT2D eigenvalue weighted by molar-refractivity contribution is 5.79. The number of nitrogens with zero attached hydrogens (tertiary/aromatic N) is 1. The Morgan fingerprint density at radius 3 is 2.46 bits per heavy atom. The monoisotopic (exact) mass is 359 g/mol. The number of guanidine groups is 1. The summed E-state index contributed by atoms with van der Waals surface area (Å²) in [7, 11) is 5.00. The van der Waals surface area contributed by atoms with Gasteiger partial charge in [-0.15, -0.1) is 0 Å². The number of hydrogen-bond acceptors (Lipinski definition) is 3. The second kappa shape index (κ2) is 9.77. The number of methoxy groups -OCH3 is 2. The first-order valence-corrected chi connectivity index (χ1v) is 8.43. The van der Waals surface area contributed by atoms with Gasteiger partial charge in [0.2, 0.25) is 0 Å². The number of aliphatic imine (C=N–C) groups is 1. The van der Waals surface area contributed by atoms with E-state index in [1.54, 1.807) is 33.4 Å². The number of aryl methyl sites for hydroxylation is 1. The molecule has 0 fully saturated rings. The first kappa shape index (κ1) is 19.7. The Morgan fingerprint density at radius 1 is 1.12 bits per heavy atom. The van der Waals surface area contributed by atoms with E-state index >= 15 is 0 Å². The summed E-state index contributed by atoms with van der Waals surface area (Å²) >= 11 is 0. The maximum atomic E-state index is 13.1. The summed E-state index contributed by atoms with van der Waals surface area (Å²) in [6.07, 6.45) is -0.205. The van der Waals surface area contributed by atoms with Crippen molar-refractivity contribution in [3.63, 3.8) is 0 Å². The molecule has 0 saturated carbocycles. The average molecular weight is 359 g/mol. The smallest absolute Gasteiger partial charge is 0.191 e. The van der Waals surface area contributed by atoms with E-state index in [-0.39, 0.29) is 11.9 Å². The van der Waals surface area contributed by atoms with Crippen LogP contribution in [0.2, 0.25) is 0 Å². The van der Waals surface area contributed by atoms with E-state index in [2.05, 4.69) is 15.6 Å². The van der Waals surface area contributed by atoms with Crippen molar-refractivity contribution in [2.24, 2.45) is 4.99 Å². The fourth-order valence-electron chi connectivity index (χ4n) is 2.60. The van der Waals surface area contributed by atoms with Gasteiger partial charge in [-0.05, 0) is 36.2 Å². The van der Waals surface area contributed by atoms with E-state index in [9.17, 15) is 4.39 Å². The highest BCUT2D eigenvalue weighted by atomic mass is 19.1. The van der Waals surface area contributed by atoms with Crippen molar-refractivity contribution in [3.8, 4) is 5.75 Å². The molecule has 0 spiro atoms. The van der Waals surface area contributed by atoms with Crippen molar-refractivity contribution in [1.29, 1.82) is 0 Å². The SMILES string of the molecule is CN=C(NCc1ccc(C)cc1OC)NCC(OC)c1ccc(F)cc1. The molecule has 1 unspecified atom stereocenters. The fraction of sp³-hybridized carbons (Fsp3) is 0.350. The van der Waals surface area contributed by atoms with Crippen LogP contribution in [0.25, 0.3) is 0 Å². The average Bonchev–Trinajstić information content (AvgIpc) is 2.66. The largest absolute Gasteiger partial charge is 0.496 e. The van der Waals surface area contributed by atoms with Crippen LogP contribution in [0.3, 0.4) is 0 Å². The van der Waals surface area contributed by atoms with Crippen LogP contribution in [-0.4, -0.2) is 33.8 Å². The number of hydrogen-bond donors (Lipinski definition) is 2. The molecule has 0 aliphatic rings. The highest BCUT2D eigenvalue weighted by Crippen LogP contribution is 2.19. The summed E-state index contributed by atoms with van der Waals surface area (Å²) in [6, 6.07) is 12.4. The lowest BCUT2D eigenvalue weighted by Crippen LogP contribution is -2.39. The second-order valence-electron chi connectivity index (χ2n) is 5.90. The predicted molar refractivity (Wildman–Crippen MR) is 102 cm³/mol. The zero-order valence-corrected chi connectivity index (χ0v) is 15.7. The minimum absolute atomic E-state index is 0.205. The van der Waals surface area contributed by atoms with E-state index in [1.807, 2.05) is 25.1 Å². The topological polar surface area (TPSA) is 54.9 Å². The third kappa shape index (κ3) is 5.46. The quantitative estimate of drug-likeness (QED) is 0.589. The van der Waals surface area contributed by atoms with Gasteiger partial charge < -0.3 is 20.1 Å². The molecule has 0 aliphatic heterocycles. The Kier molecular flexibility index (Phi) is 7.41. The maximum absolute atomic E-state index is 13.1. The van der Waals surface area contributed by atoms with Crippen LogP contribution >= 0.6 is 0 Å². The zero-order valence-electron chi connectivity index (χ0n) is 15.7. The first-order chi connectivity index (χ1) is 12.6. The van der Waals surface area contributed by atoms with E-state index in [0.29, 0.717) is 19.0 Å². The summed E-state index contributed by atoms with van der Waals surface area (Å²) in [5.74, 6) is 1.23. The van der Waals surface area contributed by atoms with E-state index in [4.69, 9.17) is 9.47 Å². The van der Waals surface area contributed by atoms with Crippen molar-refractivity contribution in [3.05, 3.63) is 65.0 Å². The van der Waals surface area contributed by atoms with Crippen LogP contribution in [0.4, 0.5) is 4.39 Å². The Balaban J connectivity index is 1.94. The van der Waals surface area contributed by atoms with Gasteiger partial charge in [-0.1, -0.05) is 24.3 Å². The van der Waals surface area contributed by atoms with E-state index < -0.39 is 0 Å². The van der Waals surface area contributed by atoms with Gasteiger partial charge in [0.1, 0.15) is 11.6 Å². The summed E-state index contributed by atoms with van der Waals surface area (Å²) in [5.41, 5.74) is 3.09. The third-order valence-electron chi connectivity index (χ3n) is 4.09. The molecule has 140 valence electrons. The van der Waals surface area contributed by atoms with Crippen LogP contribution in [0, 0.1) is 12.7 Å². The Bertz CT molecular complexity index is 732. The molecule has 0 saturated heterocycles. The number of rotatable bonds is 7. The van der Waals surface area contributed by atoms with Crippen molar-refractivity contribution in [2.45, 2.75) is 19.6 Å². The number of nitrogens with one attached hydrogen (secondary N) is 2. The molecular formula is C20H26FN3O2. The Hall–Kier alpha value is -2.60. The van der Waals surface area contributed by atoms with Gasteiger partial charge in [0.15, 0.2) is 5.96 Å². The molecule has 0 bridgehead atoms. The van der Waals surface area contributed by atoms with Crippen molar-refractivity contribution < 1.29 is 13.9 Å². The van der Waals surface area contributed by atoms with E-state index in [1.165, 1.54) is 12.1 Å². The minimum atomic E-state index is -0.263. The van der Waals surface area contributed by atoms with Gasteiger partial charge in [0, 0.05) is 32.8 Å². The molecule has 6 heteroatoms. The molecule has 2 aromatic carbocycles. The normalized spacial score (nSPS) is 12.6. The van der Waals surface area contributed by atoms with Crippen LogP contribution in [0.1, 0.15) is 22.8 Å². The Labute approximate surface area is 154 Å². The lowest BCUT2D eigenvalue weighted by molar-refractivity contribution is 0.106. The molecule has 0 aliphatic carbocycles. The molecule has 2 N–H and O–H groups in total. The van der Waals surface area contributed by atoms with Crippen molar-refractivity contribution in [1.82, 2.24) is 10.6 Å². The molecular weight excluding hydrogens is 333 g/mol. The van der Waals surface area contributed by atoms with Gasteiger partial charge >= 0.3 is 0 Å². The lowest BCUT2D eigenvalue weighted by atomic mass is 10.1. The van der Waals surface area contributed by atoms with Gasteiger partial charge in [0.05, 0.1) is 13.2 Å². The summed E-state index contributed by atoms with van der Waals surface area (Å²) in [6.45, 7) is 3.12. The van der Waals surface area contributed by atoms with Crippen LogP contribution in [0.5, 0.6) is 5.75 Å². The maximum Gasteiger partial charge on any atom is 0.191 e. The molecule has 1 atom stereocenters. The summed E-state index contributed by atoms with van der Waals surface area (Å²) < 4.78 is 24.0. The standard InChI is InChI=1S/C20H26FN3O2/c1-14-5-6-16(18(11-14)25-3)12-23-20(22-2)24-13-19(26-4)15-7-9-17(21)10-8-15/h5-11,19H,12-13H2,1-4H3,(H2,22,23,24). The fourth-order valence-corrected chi connectivity index (χ4v) is 2.60. The van der Waals surface area contributed by atoms with Crippen LogP contribution in [-0.2, 0) is 11.3 Å². The molecule has 2 aromatic rings. The third-order valence-corrected chi connectivity index (χ3v) is 4.09. The molecule has 5 nitrogen and oxygen atoms in total. The highest BCUT2D eigenvalue weighted by Gasteiger charge is 2.12. The predicted octanol–water partition coefficient (Wildman–Crippen LogP) is 3.20. The van der Waals surface area contributed by atoms with Gasteiger partial charge in [-0.25, -0.2) is 4.39 Å². The number of benzene rings is 2. The summed E-state index contributed by atoms with van der Waals surface area (Å²) in [5, 5.41) is 6.50. The van der Waals surface area contributed by atoms with Gasteiger partial charge in [0.25, 0.3) is 0 Å². The van der Waals surface area contributed by atoms with E-state index in [0.717, 1.165) is 22.4 Å². The molecule has 26 heavy (non-hydrogen) atoms. The van der Waals surface area contributed by atoms with Crippen LogP contribution < -0.4 is 15.4 Å². The molecule has 0 aromatic heterocycles. The summed E-state index contributed by atoms with van der Waals surface area (Å²) in [4.78, 5) is 4.23. The second-order valence-corrected chi connectivity index (χ2v) is 5.90. The minimum Gasteiger partial charge on any atom is -0.496 e. The molecule has 0 radical (unpaired) electrons. The lowest BCUT2D eigenvalue weighted by Gasteiger charge is -2.19. The van der Waals surface area contributed by atoms with Gasteiger partial charge in [-0.2, -0.15) is 0 Å². The number of ether oxygens (including phenoxy) is 2. The Morgan fingerprint density at radius 2 is 1.85 bits per heavy atom. The first-order valence-electron chi connectivity index (χ1n) is 8.43. The number of halogens is 1. The zero-order chi connectivity index (χ0) is 18.9.